The fraction of sp³-hybridized carbons (Fsp3) is 0.533. The molecule has 2 rings (SSSR count). The van der Waals surface area contributed by atoms with Crippen LogP contribution in [0.5, 0.6) is 0 Å². The predicted octanol–water partition coefficient (Wildman–Crippen LogP) is 3.49. The molecule has 1 aliphatic rings. The number of aryl methyl sites for hydroxylation is 1. The molecule has 1 aliphatic carbocycles. The van der Waals surface area contributed by atoms with E-state index in [0.717, 1.165) is 0 Å². The Bertz CT molecular complexity index is 407. The fourth-order valence-corrected chi connectivity index (χ4v) is 2.89. The van der Waals surface area contributed by atoms with Gasteiger partial charge in [0.15, 0.2) is 0 Å². The molecule has 0 heterocycles. The molecular formula is C15H21NOS. The number of nitrogens with zero attached hydrogens (tertiary/aromatic N) is 1. The van der Waals surface area contributed by atoms with E-state index in [9.17, 15) is 4.79 Å². The second-order valence-corrected chi connectivity index (χ2v) is 6.28. The van der Waals surface area contributed by atoms with Crippen molar-refractivity contribution in [1.29, 1.82) is 0 Å². The van der Waals surface area contributed by atoms with Crippen molar-refractivity contribution in [1.82, 2.24) is 4.90 Å². The number of carbonyl (C=O) groups excluding carboxylic acids is 1. The van der Waals surface area contributed by atoms with Crippen molar-refractivity contribution in [2.75, 3.05) is 5.75 Å². The lowest BCUT2D eigenvalue weighted by Crippen LogP contribution is -2.39. The monoisotopic (exact) mass is 263 g/mol. The molecule has 1 amide bonds. The maximum Gasteiger partial charge on any atom is 0.233 e. The molecule has 18 heavy (non-hydrogen) atoms. The minimum absolute atomic E-state index is 0.276. The molecule has 0 aliphatic heterocycles. The summed E-state index contributed by atoms with van der Waals surface area (Å²) in [6.45, 7) is 6.28. The number of hydrogen-bond acceptors (Lipinski definition) is 2. The third-order valence-corrected chi connectivity index (χ3v) is 4.16. The zero-order valence-corrected chi connectivity index (χ0v) is 12.2. The van der Waals surface area contributed by atoms with Gasteiger partial charge in [0.05, 0.1) is 5.75 Å². The van der Waals surface area contributed by atoms with Crippen molar-refractivity contribution in [2.24, 2.45) is 0 Å². The van der Waals surface area contributed by atoms with Crippen LogP contribution in [0.2, 0.25) is 0 Å². The highest BCUT2D eigenvalue weighted by Crippen LogP contribution is 2.30. The van der Waals surface area contributed by atoms with Gasteiger partial charge in [0.2, 0.25) is 5.91 Å². The van der Waals surface area contributed by atoms with E-state index in [4.69, 9.17) is 0 Å². The first kappa shape index (κ1) is 13.5. The second kappa shape index (κ2) is 5.79. The topological polar surface area (TPSA) is 20.3 Å². The highest BCUT2D eigenvalue weighted by Gasteiger charge is 2.33. The standard InChI is InChI=1S/C15H21NOS/c1-11(2)16(13-6-7-13)15(17)10-18-14-8-4-12(3)5-9-14/h4-5,8-9,11,13H,6-7,10H2,1-3H3. The van der Waals surface area contributed by atoms with Crippen LogP contribution in [0.3, 0.4) is 0 Å². The summed E-state index contributed by atoms with van der Waals surface area (Å²) in [7, 11) is 0. The van der Waals surface area contributed by atoms with Gasteiger partial charge < -0.3 is 4.90 Å². The summed E-state index contributed by atoms with van der Waals surface area (Å²) in [4.78, 5) is 15.4. The molecule has 0 atom stereocenters. The maximum atomic E-state index is 12.2. The zero-order chi connectivity index (χ0) is 13.1. The Morgan fingerprint density at radius 1 is 1.33 bits per heavy atom. The average molecular weight is 263 g/mol. The largest absolute Gasteiger partial charge is 0.337 e. The Balaban J connectivity index is 1.88. The number of thioether (sulfide) groups is 1. The molecular weight excluding hydrogens is 242 g/mol. The van der Waals surface area contributed by atoms with Gasteiger partial charge in [-0.2, -0.15) is 0 Å². The summed E-state index contributed by atoms with van der Waals surface area (Å²) in [5.41, 5.74) is 1.26. The Hall–Kier alpha value is -0.960. The molecule has 0 aromatic heterocycles. The third-order valence-electron chi connectivity index (χ3n) is 3.17. The van der Waals surface area contributed by atoms with Crippen molar-refractivity contribution in [3.05, 3.63) is 29.8 Å². The van der Waals surface area contributed by atoms with E-state index in [1.807, 2.05) is 0 Å². The van der Waals surface area contributed by atoms with Gasteiger partial charge in [0.25, 0.3) is 0 Å². The van der Waals surface area contributed by atoms with Crippen LogP contribution in [-0.4, -0.2) is 28.6 Å². The van der Waals surface area contributed by atoms with E-state index in [2.05, 4.69) is 49.9 Å². The van der Waals surface area contributed by atoms with E-state index >= 15 is 0 Å². The number of hydrogen-bond donors (Lipinski definition) is 0. The van der Waals surface area contributed by atoms with Crippen LogP contribution < -0.4 is 0 Å². The summed E-state index contributed by atoms with van der Waals surface area (Å²) >= 11 is 1.64. The predicted molar refractivity (Wildman–Crippen MR) is 76.9 cm³/mol. The van der Waals surface area contributed by atoms with E-state index in [1.165, 1.54) is 23.3 Å². The molecule has 1 saturated carbocycles. The van der Waals surface area contributed by atoms with Gasteiger partial charge in [-0.1, -0.05) is 17.7 Å². The average Bonchev–Trinajstić information content (AvgIpc) is 3.12. The molecule has 0 spiro atoms. The lowest BCUT2D eigenvalue weighted by Gasteiger charge is -2.26. The van der Waals surface area contributed by atoms with Crippen molar-refractivity contribution in [2.45, 2.75) is 50.6 Å². The lowest BCUT2D eigenvalue weighted by molar-refractivity contribution is -0.130. The molecule has 0 unspecified atom stereocenters. The zero-order valence-electron chi connectivity index (χ0n) is 11.3. The van der Waals surface area contributed by atoms with Crippen molar-refractivity contribution in [3.8, 4) is 0 Å². The van der Waals surface area contributed by atoms with Gasteiger partial charge >= 0.3 is 0 Å². The van der Waals surface area contributed by atoms with Crippen LogP contribution in [0, 0.1) is 6.92 Å². The number of rotatable bonds is 5. The molecule has 0 N–H and O–H groups in total. The van der Waals surface area contributed by atoms with E-state index in [-0.39, 0.29) is 5.91 Å². The van der Waals surface area contributed by atoms with Gasteiger partial charge in [0.1, 0.15) is 0 Å². The van der Waals surface area contributed by atoms with E-state index < -0.39 is 0 Å². The summed E-state index contributed by atoms with van der Waals surface area (Å²) in [5.74, 6) is 0.829. The molecule has 1 aromatic rings. The van der Waals surface area contributed by atoms with Crippen LogP contribution in [0.15, 0.2) is 29.2 Å². The van der Waals surface area contributed by atoms with Crippen LogP contribution >= 0.6 is 11.8 Å². The van der Waals surface area contributed by atoms with Gasteiger partial charge in [-0.3, -0.25) is 4.79 Å². The number of benzene rings is 1. The van der Waals surface area contributed by atoms with Crippen LogP contribution in [0.4, 0.5) is 0 Å². The first-order valence-electron chi connectivity index (χ1n) is 6.58. The van der Waals surface area contributed by atoms with Crippen LogP contribution in [0.25, 0.3) is 0 Å². The molecule has 1 aromatic carbocycles. The van der Waals surface area contributed by atoms with Crippen LogP contribution in [0.1, 0.15) is 32.3 Å². The Kier molecular flexibility index (Phi) is 4.33. The molecule has 98 valence electrons. The quantitative estimate of drug-likeness (QED) is 0.758. The maximum absolute atomic E-state index is 12.2. The summed E-state index contributed by atoms with van der Waals surface area (Å²) < 4.78 is 0. The third kappa shape index (κ3) is 3.52. The van der Waals surface area contributed by atoms with Crippen molar-refractivity contribution >= 4 is 17.7 Å². The summed E-state index contributed by atoms with van der Waals surface area (Å²) in [6.07, 6.45) is 2.36. The van der Waals surface area contributed by atoms with Crippen molar-refractivity contribution < 1.29 is 4.79 Å². The highest BCUT2D eigenvalue weighted by atomic mass is 32.2. The molecule has 2 nitrogen and oxygen atoms in total. The smallest absolute Gasteiger partial charge is 0.233 e. The Morgan fingerprint density at radius 3 is 2.44 bits per heavy atom. The highest BCUT2D eigenvalue weighted by molar-refractivity contribution is 8.00. The minimum atomic E-state index is 0.276. The van der Waals surface area contributed by atoms with Crippen LogP contribution in [-0.2, 0) is 4.79 Å². The molecule has 0 radical (unpaired) electrons. The molecule has 1 fully saturated rings. The van der Waals surface area contributed by atoms with E-state index in [0.29, 0.717) is 17.8 Å². The molecule has 0 bridgehead atoms. The number of carbonyl (C=O) groups is 1. The first-order valence-corrected chi connectivity index (χ1v) is 7.57. The number of amides is 1. The van der Waals surface area contributed by atoms with Gasteiger partial charge in [0, 0.05) is 17.0 Å². The van der Waals surface area contributed by atoms with Crippen molar-refractivity contribution in [3.63, 3.8) is 0 Å². The van der Waals surface area contributed by atoms with Gasteiger partial charge in [-0.25, -0.2) is 0 Å². The molecule has 0 saturated heterocycles. The lowest BCUT2D eigenvalue weighted by atomic mass is 10.2. The Morgan fingerprint density at radius 2 is 1.94 bits per heavy atom. The SMILES string of the molecule is Cc1ccc(SCC(=O)N(C(C)C)C2CC2)cc1. The molecule has 3 heteroatoms. The normalized spacial score (nSPS) is 14.9. The Labute approximate surface area is 114 Å². The van der Waals surface area contributed by atoms with Gasteiger partial charge in [-0.05, 0) is 45.7 Å². The fourth-order valence-electron chi connectivity index (χ4n) is 2.12. The van der Waals surface area contributed by atoms with E-state index in [1.54, 1.807) is 11.8 Å². The second-order valence-electron chi connectivity index (χ2n) is 5.23. The first-order chi connectivity index (χ1) is 8.58. The summed E-state index contributed by atoms with van der Waals surface area (Å²) in [5, 5.41) is 0. The summed E-state index contributed by atoms with van der Waals surface area (Å²) in [6, 6.07) is 9.19. The van der Waals surface area contributed by atoms with Gasteiger partial charge in [-0.15, -0.1) is 11.8 Å². The minimum Gasteiger partial charge on any atom is -0.337 e.